The zero-order valence-electron chi connectivity index (χ0n) is 15.1. The van der Waals surface area contributed by atoms with E-state index in [1.165, 1.54) is 0 Å². The van der Waals surface area contributed by atoms with Crippen molar-refractivity contribution in [1.29, 1.82) is 0 Å². The zero-order chi connectivity index (χ0) is 18.6. The molecule has 1 aliphatic heterocycles. The highest BCUT2D eigenvalue weighted by Gasteiger charge is 2.45. The molecular weight excluding hydrogens is 338 g/mol. The monoisotopic (exact) mass is 362 g/mol. The molecule has 0 bridgehead atoms. The van der Waals surface area contributed by atoms with Gasteiger partial charge in [0.25, 0.3) is 5.92 Å². The quantitative estimate of drug-likeness (QED) is 0.741. The number of aromatic nitrogens is 1. The maximum atomic E-state index is 14.0. The first-order chi connectivity index (χ1) is 12.4. The van der Waals surface area contributed by atoms with E-state index < -0.39 is 5.92 Å². The smallest absolute Gasteiger partial charge is 0.262 e. The number of alkyl halides is 2. The van der Waals surface area contributed by atoms with E-state index in [0.717, 1.165) is 11.3 Å². The van der Waals surface area contributed by atoms with E-state index in [1.807, 2.05) is 38.1 Å². The molecule has 2 aromatic rings. The molecule has 140 valence electrons. The molecule has 1 aliphatic rings. The van der Waals surface area contributed by atoms with Gasteiger partial charge in [-0.25, -0.2) is 8.78 Å². The summed E-state index contributed by atoms with van der Waals surface area (Å²) < 4.78 is 39.6. The number of ether oxygens (including phenoxy) is 2. The van der Waals surface area contributed by atoms with Crippen LogP contribution in [0, 0.1) is 0 Å². The van der Waals surface area contributed by atoms with E-state index in [2.05, 4.69) is 4.98 Å². The number of hydrogen-bond donors (Lipinski definition) is 0. The molecule has 0 spiro atoms. The molecule has 26 heavy (non-hydrogen) atoms. The number of rotatable bonds is 7. The average molecular weight is 362 g/mol. The first-order valence-electron chi connectivity index (χ1n) is 8.82. The molecular formula is C20H24F2N2O2. The number of likely N-dealkylation sites (tertiary alicyclic amines) is 1. The second-order valence-corrected chi connectivity index (χ2v) is 6.89. The van der Waals surface area contributed by atoms with Crippen molar-refractivity contribution in [3.05, 3.63) is 54.4 Å². The normalized spacial score (nSPS) is 19.7. The molecule has 1 aromatic heterocycles. The Morgan fingerprint density at radius 3 is 2.65 bits per heavy atom. The summed E-state index contributed by atoms with van der Waals surface area (Å²) >= 11 is 0. The van der Waals surface area contributed by atoms with Crippen molar-refractivity contribution >= 4 is 0 Å². The summed E-state index contributed by atoms with van der Waals surface area (Å²) in [5.74, 6) is -1.33. The highest BCUT2D eigenvalue weighted by molar-refractivity contribution is 5.33. The maximum absolute atomic E-state index is 14.0. The van der Waals surface area contributed by atoms with Gasteiger partial charge in [0.1, 0.15) is 18.1 Å². The average Bonchev–Trinajstić information content (AvgIpc) is 2.89. The largest absolute Gasteiger partial charge is 0.492 e. The molecule has 1 aromatic carbocycles. The summed E-state index contributed by atoms with van der Waals surface area (Å²) in [5, 5.41) is 0. The van der Waals surface area contributed by atoms with Crippen molar-refractivity contribution in [2.24, 2.45) is 0 Å². The third kappa shape index (κ3) is 4.91. The fraction of sp³-hybridized carbons (Fsp3) is 0.450. The third-order valence-electron chi connectivity index (χ3n) is 4.29. The van der Waals surface area contributed by atoms with Crippen LogP contribution in [-0.2, 0) is 6.54 Å². The molecule has 0 unspecified atom stereocenters. The predicted molar refractivity (Wildman–Crippen MR) is 95.7 cm³/mol. The van der Waals surface area contributed by atoms with Crippen LogP contribution in [0.25, 0.3) is 0 Å². The van der Waals surface area contributed by atoms with Crippen molar-refractivity contribution in [3.63, 3.8) is 0 Å². The Labute approximate surface area is 152 Å². The molecule has 3 rings (SSSR count). The molecule has 0 N–H and O–H groups in total. The van der Waals surface area contributed by atoms with Gasteiger partial charge in [0, 0.05) is 30.9 Å². The number of benzene rings is 1. The Balaban J connectivity index is 1.70. The van der Waals surface area contributed by atoms with E-state index >= 15 is 0 Å². The Kier molecular flexibility index (Phi) is 5.71. The number of nitrogens with zero attached hydrogens (tertiary/aromatic N) is 2. The molecule has 1 atom stereocenters. The molecule has 1 fully saturated rings. The van der Waals surface area contributed by atoms with Crippen LogP contribution in [0.4, 0.5) is 8.78 Å². The lowest BCUT2D eigenvalue weighted by atomic mass is 10.1. The van der Waals surface area contributed by atoms with Gasteiger partial charge in [0.2, 0.25) is 0 Å². The van der Waals surface area contributed by atoms with Crippen LogP contribution in [0.2, 0.25) is 0 Å². The fourth-order valence-electron chi connectivity index (χ4n) is 3.16. The highest BCUT2D eigenvalue weighted by Crippen LogP contribution is 2.34. The minimum absolute atomic E-state index is 0.0296. The number of pyridine rings is 1. The molecule has 0 saturated carbocycles. The predicted octanol–water partition coefficient (Wildman–Crippen LogP) is 4.16. The van der Waals surface area contributed by atoms with Crippen LogP contribution < -0.4 is 9.47 Å². The molecule has 0 amide bonds. The van der Waals surface area contributed by atoms with E-state index in [-0.39, 0.29) is 31.7 Å². The second kappa shape index (κ2) is 7.99. The van der Waals surface area contributed by atoms with Gasteiger partial charge >= 0.3 is 0 Å². The highest BCUT2D eigenvalue weighted by atomic mass is 19.3. The summed E-state index contributed by atoms with van der Waals surface area (Å²) in [4.78, 5) is 5.71. The Morgan fingerprint density at radius 1 is 1.19 bits per heavy atom. The zero-order valence-corrected chi connectivity index (χ0v) is 15.1. The van der Waals surface area contributed by atoms with Crippen LogP contribution >= 0.6 is 0 Å². The summed E-state index contributed by atoms with van der Waals surface area (Å²) in [6.45, 7) is 4.25. The Morgan fingerprint density at radius 2 is 1.92 bits per heavy atom. The summed E-state index contributed by atoms with van der Waals surface area (Å²) in [5.41, 5.74) is 0.910. The van der Waals surface area contributed by atoms with Gasteiger partial charge < -0.3 is 9.47 Å². The van der Waals surface area contributed by atoms with Crippen molar-refractivity contribution in [1.82, 2.24) is 9.88 Å². The molecule has 4 nitrogen and oxygen atoms in total. The van der Waals surface area contributed by atoms with Crippen LogP contribution in [0.5, 0.6) is 11.5 Å². The van der Waals surface area contributed by atoms with Crippen molar-refractivity contribution in [3.8, 4) is 11.5 Å². The van der Waals surface area contributed by atoms with E-state index in [0.29, 0.717) is 12.3 Å². The summed E-state index contributed by atoms with van der Waals surface area (Å²) in [6, 6.07) is 10.7. The summed E-state index contributed by atoms with van der Waals surface area (Å²) in [6.07, 6.45) is 3.07. The lowest BCUT2D eigenvalue weighted by molar-refractivity contribution is 0.0111. The maximum Gasteiger partial charge on any atom is 0.262 e. The lowest BCUT2D eigenvalue weighted by Crippen LogP contribution is -2.34. The van der Waals surface area contributed by atoms with Gasteiger partial charge in [-0.1, -0.05) is 18.2 Å². The van der Waals surface area contributed by atoms with Gasteiger partial charge in [-0.3, -0.25) is 9.88 Å². The van der Waals surface area contributed by atoms with E-state index in [1.54, 1.807) is 29.4 Å². The number of para-hydroxylation sites is 1. The third-order valence-corrected chi connectivity index (χ3v) is 4.29. The van der Waals surface area contributed by atoms with E-state index in [9.17, 15) is 8.78 Å². The fourth-order valence-corrected chi connectivity index (χ4v) is 3.16. The van der Waals surface area contributed by atoms with Gasteiger partial charge in [0.05, 0.1) is 18.7 Å². The molecule has 2 heterocycles. The van der Waals surface area contributed by atoms with Gasteiger partial charge in [-0.2, -0.15) is 0 Å². The summed E-state index contributed by atoms with van der Waals surface area (Å²) in [7, 11) is 0. The molecule has 6 heteroatoms. The van der Waals surface area contributed by atoms with Crippen LogP contribution in [0.3, 0.4) is 0 Å². The van der Waals surface area contributed by atoms with Crippen LogP contribution in [-0.4, -0.2) is 41.1 Å². The first-order valence-corrected chi connectivity index (χ1v) is 8.82. The van der Waals surface area contributed by atoms with Gasteiger partial charge in [0.15, 0.2) is 0 Å². The SMILES string of the molecule is CC(C)Oc1ccccc1CN1CC(F)(F)C[C@H]1COc1ccncc1. The first kappa shape index (κ1) is 18.6. The van der Waals surface area contributed by atoms with Crippen molar-refractivity contribution in [2.45, 2.75) is 44.9 Å². The van der Waals surface area contributed by atoms with Gasteiger partial charge in [-0.05, 0) is 32.0 Å². The topological polar surface area (TPSA) is 34.6 Å². The minimum Gasteiger partial charge on any atom is -0.492 e. The van der Waals surface area contributed by atoms with Crippen molar-refractivity contribution in [2.75, 3.05) is 13.2 Å². The number of halogens is 2. The minimum atomic E-state index is -2.71. The molecule has 0 aliphatic carbocycles. The Hall–Kier alpha value is -2.21. The van der Waals surface area contributed by atoms with Crippen LogP contribution in [0.15, 0.2) is 48.8 Å². The molecule has 1 saturated heterocycles. The lowest BCUT2D eigenvalue weighted by Gasteiger charge is -2.25. The number of hydrogen-bond acceptors (Lipinski definition) is 4. The standard InChI is InChI=1S/C20H24F2N2O2/c1-15(2)26-19-6-4-3-5-16(19)12-24-14-20(21,22)11-17(24)13-25-18-7-9-23-10-8-18/h3-10,15,17H,11-14H2,1-2H3/t17-/m0/s1. The van der Waals surface area contributed by atoms with Crippen molar-refractivity contribution < 1.29 is 18.3 Å². The van der Waals surface area contributed by atoms with E-state index in [4.69, 9.17) is 9.47 Å². The molecule has 0 radical (unpaired) electrons. The Bertz CT molecular complexity index is 710. The second-order valence-electron chi connectivity index (χ2n) is 6.89. The van der Waals surface area contributed by atoms with Crippen LogP contribution in [0.1, 0.15) is 25.8 Å². The van der Waals surface area contributed by atoms with Gasteiger partial charge in [-0.15, -0.1) is 0 Å².